The van der Waals surface area contributed by atoms with Crippen molar-refractivity contribution in [1.82, 2.24) is 9.88 Å². The van der Waals surface area contributed by atoms with Gasteiger partial charge in [0.25, 0.3) is 11.5 Å². The molecule has 122 valence electrons. The van der Waals surface area contributed by atoms with Gasteiger partial charge in [0, 0.05) is 18.4 Å². The Morgan fingerprint density at radius 3 is 2.57 bits per heavy atom. The molecule has 0 aliphatic heterocycles. The molecule has 1 aromatic heterocycles. The number of halogens is 1. The minimum Gasteiger partial charge on any atom is -0.394 e. The molecule has 0 fully saturated rings. The van der Waals surface area contributed by atoms with E-state index in [0.717, 1.165) is 0 Å². The lowest BCUT2D eigenvalue weighted by Crippen LogP contribution is -2.38. The summed E-state index contributed by atoms with van der Waals surface area (Å²) in [7, 11) is 0. The summed E-state index contributed by atoms with van der Waals surface area (Å²) in [6, 6.07) is 6.91. The van der Waals surface area contributed by atoms with Gasteiger partial charge >= 0.3 is 0 Å². The van der Waals surface area contributed by atoms with Crippen LogP contribution in [0.15, 0.2) is 41.3 Å². The van der Waals surface area contributed by atoms with Crippen LogP contribution in [-0.2, 0) is 0 Å². The van der Waals surface area contributed by atoms with E-state index in [1.807, 2.05) is 0 Å². The Morgan fingerprint density at radius 2 is 1.96 bits per heavy atom. The van der Waals surface area contributed by atoms with Crippen molar-refractivity contribution in [2.75, 3.05) is 13.2 Å². The van der Waals surface area contributed by atoms with E-state index in [0.29, 0.717) is 11.3 Å². The van der Waals surface area contributed by atoms with Crippen molar-refractivity contribution >= 4 is 5.91 Å². The molecule has 0 bridgehead atoms. The number of aliphatic hydroxyl groups excluding tert-OH is 2. The zero-order chi connectivity index (χ0) is 17.0. The number of nitrogens with one attached hydrogen (secondary N) is 1. The normalized spacial score (nSPS) is 12.0. The highest BCUT2D eigenvalue weighted by Crippen LogP contribution is 2.09. The zero-order valence-corrected chi connectivity index (χ0v) is 12.5. The maximum absolute atomic E-state index is 13.0. The molecule has 0 radical (unpaired) electrons. The van der Waals surface area contributed by atoms with Crippen LogP contribution < -0.4 is 10.9 Å². The van der Waals surface area contributed by atoms with E-state index in [1.165, 1.54) is 35.0 Å². The molecule has 2 aromatic rings. The second-order valence-corrected chi connectivity index (χ2v) is 5.07. The minimum atomic E-state index is -1.10. The molecule has 3 N–H and O–H groups in total. The first kappa shape index (κ1) is 16.9. The average molecular weight is 320 g/mol. The fraction of sp³-hybridized carbons (Fsp3) is 0.250. The highest BCUT2D eigenvalue weighted by molar-refractivity contribution is 5.95. The predicted octanol–water partition coefficient (Wildman–Crippen LogP) is 0.368. The van der Waals surface area contributed by atoms with Crippen LogP contribution >= 0.6 is 0 Å². The summed E-state index contributed by atoms with van der Waals surface area (Å²) in [4.78, 5) is 24.7. The Labute approximate surface area is 131 Å². The SMILES string of the molecule is Cc1ccn(-c2ccc(F)cc2)c(=O)c1C(=O)NCC(O)CO. The smallest absolute Gasteiger partial charge is 0.268 e. The summed E-state index contributed by atoms with van der Waals surface area (Å²) in [6.07, 6.45) is 0.409. The number of rotatable bonds is 5. The first-order valence-electron chi connectivity index (χ1n) is 6.99. The summed E-state index contributed by atoms with van der Waals surface area (Å²) in [6.45, 7) is 0.960. The molecule has 0 aliphatic rings. The van der Waals surface area contributed by atoms with Gasteiger partial charge in [0.1, 0.15) is 11.4 Å². The van der Waals surface area contributed by atoms with Crippen LogP contribution in [-0.4, -0.2) is 39.9 Å². The predicted molar refractivity (Wildman–Crippen MR) is 82.2 cm³/mol. The fourth-order valence-electron chi connectivity index (χ4n) is 2.07. The van der Waals surface area contributed by atoms with Gasteiger partial charge in [-0.25, -0.2) is 4.39 Å². The molecule has 0 spiro atoms. The Hall–Kier alpha value is -2.51. The van der Waals surface area contributed by atoms with Gasteiger partial charge in [0.15, 0.2) is 0 Å². The molecule has 0 saturated carbocycles. The van der Waals surface area contributed by atoms with E-state index in [-0.39, 0.29) is 12.1 Å². The van der Waals surface area contributed by atoms with E-state index in [9.17, 15) is 19.1 Å². The van der Waals surface area contributed by atoms with Gasteiger partial charge in [-0.1, -0.05) is 0 Å². The van der Waals surface area contributed by atoms with Crippen molar-refractivity contribution in [3.63, 3.8) is 0 Å². The molecule has 6 nitrogen and oxygen atoms in total. The van der Waals surface area contributed by atoms with E-state index in [1.54, 1.807) is 13.0 Å². The van der Waals surface area contributed by atoms with Crippen LogP contribution in [0.4, 0.5) is 4.39 Å². The van der Waals surface area contributed by atoms with Crippen LogP contribution in [0.1, 0.15) is 15.9 Å². The third-order valence-corrected chi connectivity index (χ3v) is 3.34. The van der Waals surface area contributed by atoms with Crippen molar-refractivity contribution < 1.29 is 19.4 Å². The van der Waals surface area contributed by atoms with E-state index in [2.05, 4.69) is 5.32 Å². The summed E-state index contributed by atoms with van der Waals surface area (Å²) >= 11 is 0. The number of amides is 1. The van der Waals surface area contributed by atoms with Crippen LogP contribution in [0.25, 0.3) is 5.69 Å². The topological polar surface area (TPSA) is 91.6 Å². The molecule has 7 heteroatoms. The molecule has 1 amide bonds. The molecular formula is C16H17FN2O4. The molecule has 0 aliphatic carbocycles. The minimum absolute atomic E-state index is 0.0676. The van der Waals surface area contributed by atoms with Gasteiger partial charge in [-0.05, 0) is 42.8 Å². The number of pyridine rings is 1. The van der Waals surface area contributed by atoms with Crippen molar-refractivity contribution in [2.24, 2.45) is 0 Å². The van der Waals surface area contributed by atoms with Gasteiger partial charge in [-0.15, -0.1) is 0 Å². The number of benzene rings is 1. The maximum Gasteiger partial charge on any atom is 0.268 e. The van der Waals surface area contributed by atoms with Crippen molar-refractivity contribution in [3.05, 3.63) is 63.8 Å². The van der Waals surface area contributed by atoms with Gasteiger partial charge in [0.05, 0.1) is 12.7 Å². The number of carbonyl (C=O) groups excluding carboxylic acids is 1. The summed E-state index contributed by atoms with van der Waals surface area (Å²) in [5.74, 6) is -1.07. The Morgan fingerprint density at radius 1 is 1.30 bits per heavy atom. The largest absolute Gasteiger partial charge is 0.394 e. The quantitative estimate of drug-likeness (QED) is 0.742. The van der Waals surface area contributed by atoms with Gasteiger partial charge in [-0.2, -0.15) is 0 Å². The zero-order valence-electron chi connectivity index (χ0n) is 12.5. The van der Waals surface area contributed by atoms with Crippen molar-refractivity contribution in [3.8, 4) is 5.69 Å². The number of hydrogen-bond acceptors (Lipinski definition) is 4. The average Bonchev–Trinajstić information content (AvgIpc) is 2.54. The Bertz CT molecular complexity index is 756. The lowest BCUT2D eigenvalue weighted by molar-refractivity contribution is 0.0800. The van der Waals surface area contributed by atoms with Gasteiger partial charge in [-0.3, -0.25) is 14.2 Å². The molecule has 1 heterocycles. The molecule has 1 atom stereocenters. The lowest BCUT2D eigenvalue weighted by Gasteiger charge is -2.12. The van der Waals surface area contributed by atoms with Crippen molar-refractivity contribution in [2.45, 2.75) is 13.0 Å². The van der Waals surface area contributed by atoms with Crippen LogP contribution in [0.2, 0.25) is 0 Å². The van der Waals surface area contributed by atoms with E-state index in [4.69, 9.17) is 5.11 Å². The fourth-order valence-corrected chi connectivity index (χ4v) is 2.07. The number of hydrogen-bond donors (Lipinski definition) is 3. The Balaban J connectivity index is 2.37. The summed E-state index contributed by atoms with van der Waals surface area (Å²) in [5, 5.41) is 20.4. The first-order valence-corrected chi connectivity index (χ1v) is 6.99. The molecule has 2 rings (SSSR count). The molecule has 1 unspecified atom stereocenters. The number of aliphatic hydroxyl groups is 2. The number of aryl methyl sites for hydroxylation is 1. The maximum atomic E-state index is 13.0. The van der Waals surface area contributed by atoms with Gasteiger partial charge in [0.2, 0.25) is 0 Å². The van der Waals surface area contributed by atoms with E-state index < -0.39 is 30.0 Å². The lowest BCUT2D eigenvalue weighted by atomic mass is 10.1. The molecule has 23 heavy (non-hydrogen) atoms. The molecular weight excluding hydrogens is 303 g/mol. The second-order valence-electron chi connectivity index (χ2n) is 5.07. The van der Waals surface area contributed by atoms with Crippen molar-refractivity contribution in [1.29, 1.82) is 0 Å². The third-order valence-electron chi connectivity index (χ3n) is 3.34. The standard InChI is InChI=1S/C16H17FN2O4/c1-10-6-7-19(12-4-2-11(17)3-5-12)16(23)14(10)15(22)18-8-13(21)9-20/h2-7,13,20-21H,8-9H2,1H3,(H,18,22). The van der Waals surface area contributed by atoms with Crippen LogP contribution in [0.5, 0.6) is 0 Å². The highest BCUT2D eigenvalue weighted by Gasteiger charge is 2.17. The molecule has 0 saturated heterocycles. The summed E-state index contributed by atoms with van der Waals surface area (Å²) < 4.78 is 14.2. The number of nitrogens with zero attached hydrogens (tertiary/aromatic N) is 1. The third kappa shape index (κ3) is 3.82. The van der Waals surface area contributed by atoms with E-state index >= 15 is 0 Å². The van der Waals surface area contributed by atoms with Crippen LogP contribution in [0, 0.1) is 12.7 Å². The number of aromatic nitrogens is 1. The summed E-state index contributed by atoms with van der Waals surface area (Å²) in [5.41, 5.74) is 0.291. The first-order chi connectivity index (χ1) is 10.9. The Kier molecular flexibility index (Phi) is 5.25. The van der Waals surface area contributed by atoms with Gasteiger partial charge < -0.3 is 15.5 Å². The monoisotopic (exact) mass is 320 g/mol. The van der Waals surface area contributed by atoms with Crippen LogP contribution in [0.3, 0.4) is 0 Å². The highest BCUT2D eigenvalue weighted by atomic mass is 19.1. The second kappa shape index (κ2) is 7.17. The molecule has 1 aromatic carbocycles. The number of carbonyl (C=O) groups is 1.